The second kappa shape index (κ2) is 8.41. The van der Waals surface area contributed by atoms with E-state index in [1.807, 2.05) is 18.2 Å². The van der Waals surface area contributed by atoms with Crippen LogP contribution in [0, 0.1) is 11.8 Å². The maximum atomic E-state index is 6.22. The topological polar surface area (TPSA) is 12.0 Å². The maximum absolute atomic E-state index is 6.22. The summed E-state index contributed by atoms with van der Waals surface area (Å²) >= 11 is 12.1. The van der Waals surface area contributed by atoms with Gasteiger partial charge in [-0.3, -0.25) is 0 Å². The molecule has 0 saturated heterocycles. The van der Waals surface area contributed by atoms with Gasteiger partial charge in [0.1, 0.15) is 0 Å². The predicted octanol–water partition coefficient (Wildman–Crippen LogP) is 5.73. The van der Waals surface area contributed by atoms with E-state index in [0.29, 0.717) is 11.1 Å². The van der Waals surface area contributed by atoms with Gasteiger partial charge in [-0.05, 0) is 61.8 Å². The van der Waals surface area contributed by atoms with E-state index in [4.69, 9.17) is 23.2 Å². The van der Waals surface area contributed by atoms with Crippen LogP contribution in [0.4, 0.5) is 0 Å². The molecule has 0 bridgehead atoms. The summed E-state index contributed by atoms with van der Waals surface area (Å²) in [5.74, 6) is 1.75. The molecule has 1 fully saturated rings. The maximum Gasteiger partial charge on any atom is 0.0453 e. The van der Waals surface area contributed by atoms with Crippen molar-refractivity contribution in [3.8, 4) is 0 Å². The SMILES string of the molecule is CC(C)C1CCCC(NCCc2ccc(Cl)cc2Cl)CC1. The Bertz CT molecular complexity index is 445. The number of nitrogens with one attached hydrogen (secondary N) is 1. The first-order chi connectivity index (χ1) is 10.1. The second-order valence-corrected chi connectivity index (χ2v) is 7.49. The van der Waals surface area contributed by atoms with Gasteiger partial charge in [0, 0.05) is 16.1 Å². The minimum Gasteiger partial charge on any atom is -0.314 e. The Balaban J connectivity index is 1.75. The lowest BCUT2D eigenvalue weighted by atomic mass is 9.89. The quantitative estimate of drug-likeness (QED) is 0.681. The highest BCUT2D eigenvalue weighted by Crippen LogP contribution is 2.29. The number of benzene rings is 1. The second-order valence-electron chi connectivity index (χ2n) is 6.65. The normalized spacial score (nSPS) is 23.3. The third kappa shape index (κ3) is 5.47. The first-order valence-corrected chi connectivity index (χ1v) is 8.99. The lowest BCUT2D eigenvalue weighted by Gasteiger charge is -2.19. The van der Waals surface area contributed by atoms with Gasteiger partial charge in [0.25, 0.3) is 0 Å². The molecule has 0 amide bonds. The molecule has 2 atom stereocenters. The van der Waals surface area contributed by atoms with Gasteiger partial charge in [0.15, 0.2) is 0 Å². The lowest BCUT2D eigenvalue weighted by Crippen LogP contribution is -2.30. The zero-order chi connectivity index (χ0) is 15.2. The Hall–Kier alpha value is -0.240. The molecule has 2 unspecified atom stereocenters. The highest BCUT2D eigenvalue weighted by Gasteiger charge is 2.20. The molecule has 0 aromatic heterocycles. The van der Waals surface area contributed by atoms with Gasteiger partial charge >= 0.3 is 0 Å². The Morgan fingerprint density at radius 3 is 2.67 bits per heavy atom. The van der Waals surface area contributed by atoms with Crippen LogP contribution in [-0.4, -0.2) is 12.6 Å². The molecule has 2 rings (SSSR count). The van der Waals surface area contributed by atoms with E-state index < -0.39 is 0 Å². The molecule has 1 saturated carbocycles. The van der Waals surface area contributed by atoms with E-state index in [0.717, 1.165) is 29.8 Å². The Morgan fingerprint density at radius 2 is 1.95 bits per heavy atom. The molecule has 0 radical (unpaired) electrons. The van der Waals surface area contributed by atoms with Crippen LogP contribution < -0.4 is 5.32 Å². The van der Waals surface area contributed by atoms with Gasteiger partial charge in [0.2, 0.25) is 0 Å². The van der Waals surface area contributed by atoms with E-state index in [9.17, 15) is 0 Å². The fourth-order valence-corrected chi connectivity index (χ4v) is 3.84. The highest BCUT2D eigenvalue weighted by molar-refractivity contribution is 6.35. The number of rotatable bonds is 5. The summed E-state index contributed by atoms with van der Waals surface area (Å²) in [7, 11) is 0. The smallest absolute Gasteiger partial charge is 0.0453 e. The molecular weight excluding hydrogens is 301 g/mol. The summed E-state index contributed by atoms with van der Waals surface area (Å²) in [6, 6.07) is 6.47. The summed E-state index contributed by atoms with van der Waals surface area (Å²) in [5, 5.41) is 5.21. The molecular formula is C18H27Cl2N. The lowest BCUT2D eigenvalue weighted by molar-refractivity contribution is 0.338. The third-order valence-corrected chi connectivity index (χ3v) is 5.39. The van der Waals surface area contributed by atoms with Crippen LogP contribution >= 0.6 is 23.2 Å². The molecule has 1 N–H and O–H groups in total. The molecule has 1 aromatic carbocycles. The van der Waals surface area contributed by atoms with Crippen LogP contribution in [0.5, 0.6) is 0 Å². The molecule has 1 aliphatic carbocycles. The Labute approximate surface area is 139 Å². The number of halogens is 2. The van der Waals surface area contributed by atoms with E-state index >= 15 is 0 Å². The molecule has 0 aliphatic heterocycles. The molecule has 1 aliphatic rings. The fourth-order valence-electron chi connectivity index (χ4n) is 3.34. The third-order valence-electron chi connectivity index (χ3n) is 4.80. The first-order valence-electron chi connectivity index (χ1n) is 8.23. The van der Waals surface area contributed by atoms with Crippen LogP contribution in [0.15, 0.2) is 18.2 Å². The van der Waals surface area contributed by atoms with Crippen molar-refractivity contribution in [1.29, 1.82) is 0 Å². The van der Waals surface area contributed by atoms with Gasteiger partial charge in [0.05, 0.1) is 0 Å². The van der Waals surface area contributed by atoms with Crippen molar-refractivity contribution in [3.05, 3.63) is 33.8 Å². The van der Waals surface area contributed by atoms with Crippen molar-refractivity contribution < 1.29 is 0 Å². The van der Waals surface area contributed by atoms with Crippen LogP contribution in [0.2, 0.25) is 10.0 Å². The Morgan fingerprint density at radius 1 is 1.14 bits per heavy atom. The first kappa shape index (κ1) is 17.1. The van der Waals surface area contributed by atoms with Crippen molar-refractivity contribution in [2.45, 2.75) is 58.4 Å². The monoisotopic (exact) mass is 327 g/mol. The summed E-state index contributed by atoms with van der Waals surface area (Å²) in [6.07, 6.45) is 7.74. The summed E-state index contributed by atoms with van der Waals surface area (Å²) in [4.78, 5) is 0. The molecule has 1 aromatic rings. The highest BCUT2D eigenvalue weighted by atomic mass is 35.5. The standard InChI is InChI=1S/C18H27Cl2N/c1-13(2)14-4-3-5-17(9-7-14)21-11-10-15-6-8-16(19)12-18(15)20/h6,8,12-14,17,21H,3-5,7,9-11H2,1-2H3. The molecule has 0 spiro atoms. The minimum atomic E-state index is 0.680. The fraction of sp³-hybridized carbons (Fsp3) is 0.667. The molecule has 1 nitrogen and oxygen atoms in total. The molecule has 118 valence electrons. The van der Waals surface area contributed by atoms with E-state index in [2.05, 4.69) is 19.2 Å². The average molecular weight is 328 g/mol. The largest absolute Gasteiger partial charge is 0.314 e. The molecule has 21 heavy (non-hydrogen) atoms. The number of hydrogen-bond donors (Lipinski definition) is 1. The van der Waals surface area contributed by atoms with Crippen molar-refractivity contribution >= 4 is 23.2 Å². The van der Waals surface area contributed by atoms with E-state index in [1.165, 1.54) is 37.7 Å². The van der Waals surface area contributed by atoms with Gasteiger partial charge in [-0.25, -0.2) is 0 Å². The zero-order valence-electron chi connectivity index (χ0n) is 13.2. The van der Waals surface area contributed by atoms with Crippen molar-refractivity contribution in [2.24, 2.45) is 11.8 Å². The minimum absolute atomic E-state index is 0.680. The summed E-state index contributed by atoms with van der Waals surface area (Å²) in [5.41, 5.74) is 1.18. The van der Waals surface area contributed by atoms with E-state index in [-0.39, 0.29) is 0 Å². The van der Waals surface area contributed by atoms with E-state index in [1.54, 1.807) is 0 Å². The average Bonchev–Trinajstić information content (AvgIpc) is 2.67. The van der Waals surface area contributed by atoms with Crippen molar-refractivity contribution in [1.82, 2.24) is 5.32 Å². The molecule has 0 heterocycles. The summed E-state index contributed by atoms with van der Waals surface area (Å²) < 4.78 is 0. The number of hydrogen-bond acceptors (Lipinski definition) is 1. The van der Waals surface area contributed by atoms with Gasteiger partial charge in [-0.1, -0.05) is 56.0 Å². The summed E-state index contributed by atoms with van der Waals surface area (Å²) in [6.45, 7) is 5.72. The Kier molecular flexibility index (Phi) is 6.85. The van der Waals surface area contributed by atoms with Crippen LogP contribution in [0.3, 0.4) is 0 Å². The van der Waals surface area contributed by atoms with Crippen molar-refractivity contribution in [2.75, 3.05) is 6.54 Å². The van der Waals surface area contributed by atoms with Gasteiger partial charge < -0.3 is 5.32 Å². The van der Waals surface area contributed by atoms with Crippen LogP contribution in [-0.2, 0) is 6.42 Å². The van der Waals surface area contributed by atoms with Gasteiger partial charge in [-0.15, -0.1) is 0 Å². The van der Waals surface area contributed by atoms with Gasteiger partial charge in [-0.2, -0.15) is 0 Å². The predicted molar refractivity (Wildman–Crippen MR) is 93.4 cm³/mol. The van der Waals surface area contributed by atoms with Crippen LogP contribution in [0.1, 0.15) is 51.5 Å². The van der Waals surface area contributed by atoms with Crippen molar-refractivity contribution in [3.63, 3.8) is 0 Å². The molecule has 3 heteroatoms. The zero-order valence-corrected chi connectivity index (χ0v) is 14.7. The van der Waals surface area contributed by atoms with Crippen LogP contribution in [0.25, 0.3) is 0 Å².